The van der Waals surface area contributed by atoms with Gasteiger partial charge in [-0.2, -0.15) is 5.10 Å². The number of benzene rings is 2. The number of aryl methyl sites for hydroxylation is 1. The summed E-state index contributed by atoms with van der Waals surface area (Å²) in [6.07, 6.45) is 0.570. The quantitative estimate of drug-likeness (QED) is 0.581. The molecule has 0 saturated heterocycles. The number of amides is 1. The van der Waals surface area contributed by atoms with E-state index < -0.39 is 0 Å². The van der Waals surface area contributed by atoms with Crippen LogP contribution in [-0.2, 0) is 4.79 Å². The van der Waals surface area contributed by atoms with Gasteiger partial charge in [-0.15, -0.1) is 0 Å². The first-order chi connectivity index (χ1) is 14.0. The fraction of sp³-hybridized carbons (Fsp3) is 0.227. The third kappa shape index (κ3) is 3.09. The van der Waals surface area contributed by atoms with Gasteiger partial charge >= 0.3 is 0 Å². The highest BCUT2D eigenvalue weighted by molar-refractivity contribution is 6.30. The van der Waals surface area contributed by atoms with Crippen molar-refractivity contribution < 1.29 is 14.3 Å². The van der Waals surface area contributed by atoms with Gasteiger partial charge in [0.2, 0.25) is 12.7 Å². The molecule has 2 aliphatic rings. The van der Waals surface area contributed by atoms with Gasteiger partial charge in [0.05, 0.1) is 17.3 Å². The van der Waals surface area contributed by atoms with E-state index >= 15 is 0 Å². The van der Waals surface area contributed by atoms with Crippen molar-refractivity contribution in [1.29, 1.82) is 0 Å². The molecule has 2 aliphatic heterocycles. The van der Waals surface area contributed by atoms with Gasteiger partial charge in [-0.25, -0.2) is 9.99 Å². The number of pyridine rings is 1. The Bertz CT molecular complexity index is 1170. The molecule has 0 radical (unpaired) electrons. The number of halogens is 1. The number of carbonyl (C=O) groups excluding carboxylic acids is 1. The monoisotopic (exact) mass is 407 g/mol. The molecule has 3 aromatic rings. The number of hydrogen-bond donors (Lipinski definition) is 0. The first-order valence-corrected chi connectivity index (χ1v) is 9.71. The van der Waals surface area contributed by atoms with E-state index in [2.05, 4.69) is 10.1 Å². The zero-order chi connectivity index (χ0) is 20.1. The van der Waals surface area contributed by atoms with E-state index in [1.807, 2.05) is 49.4 Å². The van der Waals surface area contributed by atoms with Crippen LogP contribution >= 0.6 is 11.6 Å². The summed E-state index contributed by atoms with van der Waals surface area (Å²) >= 11 is 6.55. The first-order valence-electron chi connectivity index (χ1n) is 9.34. The molecule has 3 heterocycles. The van der Waals surface area contributed by atoms with E-state index in [1.54, 1.807) is 0 Å². The summed E-state index contributed by atoms with van der Waals surface area (Å²) in [5, 5.41) is 7.32. The number of carbonyl (C=O) groups is 1. The van der Waals surface area contributed by atoms with Gasteiger partial charge in [-0.1, -0.05) is 41.4 Å². The largest absolute Gasteiger partial charge is 0.454 e. The molecule has 0 N–H and O–H groups in total. The molecule has 1 unspecified atom stereocenters. The molecule has 2 aromatic carbocycles. The lowest BCUT2D eigenvalue weighted by Crippen LogP contribution is -2.24. The normalized spacial score (nSPS) is 17.7. The Kier molecular flexibility index (Phi) is 4.17. The third-order valence-corrected chi connectivity index (χ3v) is 5.57. The lowest BCUT2D eigenvalue weighted by Gasteiger charge is -2.21. The fourth-order valence-corrected chi connectivity index (χ4v) is 4.03. The summed E-state index contributed by atoms with van der Waals surface area (Å²) in [5.74, 6) is 1.20. The molecule has 0 bridgehead atoms. The Morgan fingerprint density at radius 1 is 1.14 bits per heavy atom. The Morgan fingerprint density at radius 3 is 2.59 bits per heavy atom. The van der Waals surface area contributed by atoms with Crippen LogP contribution in [0.15, 0.2) is 47.6 Å². The van der Waals surface area contributed by atoms with Crippen LogP contribution in [0.2, 0.25) is 5.15 Å². The molecule has 0 spiro atoms. The first kappa shape index (κ1) is 17.9. The van der Waals surface area contributed by atoms with Crippen molar-refractivity contribution in [1.82, 2.24) is 9.99 Å². The highest BCUT2D eigenvalue weighted by atomic mass is 35.5. The number of nitrogens with zero attached hydrogens (tertiary/aromatic N) is 3. The van der Waals surface area contributed by atoms with Crippen LogP contribution in [0.1, 0.15) is 36.1 Å². The van der Waals surface area contributed by atoms with Crippen LogP contribution in [0.4, 0.5) is 0 Å². The molecule has 1 atom stereocenters. The summed E-state index contributed by atoms with van der Waals surface area (Å²) in [6, 6.07) is 13.5. The maximum Gasteiger partial charge on any atom is 0.240 e. The van der Waals surface area contributed by atoms with Crippen LogP contribution in [-0.4, -0.2) is 28.4 Å². The van der Waals surface area contributed by atoms with Crippen LogP contribution in [0.5, 0.6) is 11.5 Å². The molecule has 146 valence electrons. The second kappa shape index (κ2) is 6.74. The van der Waals surface area contributed by atoms with Crippen LogP contribution < -0.4 is 9.47 Å². The van der Waals surface area contributed by atoms with E-state index in [9.17, 15) is 4.79 Å². The molecule has 0 aliphatic carbocycles. The Hall–Kier alpha value is -3.12. The number of hydrazone groups is 1. The van der Waals surface area contributed by atoms with Crippen molar-refractivity contribution in [2.75, 3.05) is 6.79 Å². The van der Waals surface area contributed by atoms with Gasteiger partial charge in [0, 0.05) is 30.4 Å². The van der Waals surface area contributed by atoms with Crippen LogP contribution in [0, 0.1) is 6.92 Å². The minimum Gasteiger partial charge on any atom is -0.454 e. The number of ether oxygens (including phenoxy) is 2. The average molecular weight is 408 g/mol. The smallest absolute Gasteiger partial charge is 0.240 e. The summed E-state index contributed by atoms with van der Waals surface area (Å²) < 4.78 is 10.9. The van der Waals surface area contributed by atoms with Crippen LogP contribution in [0.3, 0.4) is 0 Å². The van der Waals surface area contributed by atoms with Crippen molar-refractivity contribution in [3.8, 4) is 11.5 Å². The van der Waals surface area contributed by atoms with Gasteiger partial charge < -0.3 is 9.47 Å². The predicted molar refractivity (Wildman–Crippen MR) is 110 cm³/mol. The van der Waals surface area contributed by atoms with Crippen LogP contribution in [0.25, 0.3) is 10.9 Å². The molecule has 6 nitrogen and oxygen atoms in total. The van der Waals surface area contributed by atoms with Crippen molar-refractivity contribution >= 4 is 34.1 Å². The molecular formula is C22H18ClN3O3. The molecule has 29 heavy (non-hydrogen) atoms. The fourth-order valence-electron chi connectivity index (χ4n) is 3.75. The zero-order valence-corrected chi connectivity index (χ0v) is 16.7. The van der Waals surface area contributed by atoms with E-state index in [0.29, 0.717) is 23.1 Å². The Balaban J connectivity index is 1.56. The van der Waals surface area contributed by atoms with Gasteiger partial charge in [-0.05, 0) is 24.6 Å². The van der Waals surface area contributed by atoms with Gasteiger partial charge in [0.25, 0.3) is 0 Å². The zero-order valence-electron chi connectivity index (χ0n) is 16.0. The summed E-state index contributed by atoms with van der Waals surface area (Å²) in [5.41, 5.74) is 4.51. The topological polar surface area (TPSA) is 64.0 Å². The van der Waals surface area contributed by atoms with Gasteiger partial charge in [-0.3, -0.25) is 4.79 Å². The SMILES string of the molecule is CC(=O)N1N=C(c2ccc(C)cc2)CC1c1cc2cc3c(cc2nc1Cl)OCO3. The van der Waals surface area contributed by atoms with E-state index in [0.717, 1.165) is 27.7 Å². The van der Waals surface area contributed by atoms with E-state index in [1.165, 1.54) is 17.5 Å². The van der Waals surface area contributed by atoms with Gasteiger partial charge in [0.1, 0.15) is 5.15 Å². The van der Waals surface area contributed by atoms with Crippen molar-refractivity contribution in [2.45, 2.75) is 26.3 Å². The van der Waals surface area contributed by atoms with Crippen molar-refractivity contribution in [2.24, 2.45) is 5.10 Å². The average Bonchev–Trinajstić information content (AvgIpc) is 3.33. The predicted octanol–water partition coefficient (Wildman–Crippen LogP) is 4.62. The van der Waals surface area contributed by atoms with Crippen molar-refractivity contribution in [3.05, 3.63) is 64.3 Å². The van der Waals surface area contributed by atoms with E-state index in [-0.39, 0.29) is 18.7 Å². The van der Waals surface area contributed by atoms with E-state index in [4.69, 9.17) is 21.1 Å². The lowest BCUT2D eigenvalue weighted by molar-refractivity contribution is -0.130. The maximum atomic E-state index is 12.3. The van der Waals surface area contributed by atoms with Crippen molar-refractivity contribution in [3.63, 3.8) is 0 Å². The molecule has 0 saturated carbocycles. The summed E-state index contributed by atoms with van der Waals surface area (Å²) in [7, 11) is 0. The second-order valence-corrected chi connectivity index (χ2v) is 7.62. The number of fused-ring (bicyclic) bond motifs is 2. The maximum absolute atomic E-state index is 12.3. The number of rotatable bonds is 2. The standard InChI is InChI=1S/C22H18ClN3O3/c1-12-3-5-14(6-4-12)18-9-19(26(25-18)13(2)27)16-7-15-8-20-21(29-11-28-20)10-17(15)24-22(16)23/h3-8,10,19H,9,11H2,1-2H3. The second-order valence-electron chi connectivity index (χ2n) is 7.26. The lowest BCUT2D eigenvalue weighted by atomic mass is 9.98. The molecular weight excluding hydrogens is 390 g/mol. The Labute approximate surface area is 172 Å². The number of hydrogen-bond acceptors (Lipinski definition) is 5. The molecule has 1 aromatic heterocycles. The minimum atomic E-state index is -0.307. The highest BCUT2D eigenvalue weighted by Crippen LogP contribution is 2.40. The minimum absolute atomic E-state index is 0.140. The Morgan fingerprint density at radius 2 is 1.86 bits per heavy atom. The summed E-state index contributed by atoms with van der Waals surface area (Å²) in [6.45, 7) is 3.74. The third-order valence-electron chi connectivity index (χ3n) is 5.27. The number of aromatic nitrogens is 1. The highest BCUT2D eigenvalue weighted by Gasteiger charge is 2.33. The summed E-state index contributed by atoms with van der Waals surface area (Å²) in [4.78, 5) is 16.8. The molecule has 0 fully saturated rings. The molecule has 1 amide bonds. The molecule has 7 heteroatoms. The van der Waals surface area contributed by atoms with Gasteiger partial charge in [0.15, 0.2) is 11.5 Å². The molecule has 5 rings (SSSR count).